The zero-order valence-electron chi connectivity index (χ0n) is 16.3. The minimum atomic E-state index is 0.114. The average molecular weight is 381 g/mol. The van der Waals surface area contributed by atoms with Crippen molar-refractivity contribution in [1.29, 1.82) is 0 Å². The minimum Gasteiger partial charge on any atom is -0.497 e. The van der Waals surface area contributed by atoms with E-state index < -0.39 is 0 Å². The molecule has 2 aliphatic heterocycles. The molecular formula is C22H27N3O3. The highest BCUT2D eigenvalue weighted by molar-refractivity contribution is 5.94. The molecule has 1 amide bonds. The maximum absolute atomic E-state index is 12.9. The van der Waals surface area contributed by atoms with Crippen molar-refractivity contribution in [3.63, 3.8) is 0 Å². The van der Waals surface area contributed by atoms with Crippen molar-refractivity contribution in [2.75, 3.05) is 69.4 Å². The van der Waals surface area contributed by atoms with Gasteiger partial charge >= 0.3 is 0 Å². The maximum atomic E-state index is 12.9. The molecule has 0 aromatic heterocycles. The molecule has 0 bridgehead atoms. The van der Waals surface area contributed by atoms with Gasteiger partial charge in [-0.05, 0) is 48.5 Å². The van der Waals surface area contributed by atoms with Gasteiger partial charge in [0.05, 0.1) is 20.3 Å². The number of carbonyl (C=O) groups is 1. The van der Waals surface area contributed by atoms with E-state index in [0.717, 1.165) is 69.5 Å². The van der Waals surface area contributed by atoms with Crippen molar-refractivity contribution in [3.05, 3.63) is 54.1 Å². The molecule has 2 aromatic rings. The lowest BCUT2D eigenvalue weighted by atomic mass is 10.1. The zero-order valence-corrected chi connectivity index (χ0v) is 16.3. The van der Waals surface area contributed by atoms with Gasteiger partial charge in [-0.25, -0.2) is 0 Å². The van der Waals surface area contributed by atoms with Crippen LogP contribution in [0.5, 0.6) is 5.75 Å². The summed E-state index contributed by atoms with van der Waals surface area (Å²) in [7, 11) is 1.67. The van der Waals surface area contributed by atoms with Crippen molar-refractivity contribution in [1.82, 2.24) is 4.90 Å². The number of nitrogens with zero attached hydrogens (tertiary/aromatic N) is 3. The van der Waals surface area contributed by atoms with Gasteiger partial charge in [0.15, 0.2) is 0 Å². The highest BCUT2D eigenvalue weighted by atomic mass is 16.5. The van der Waals surface area contributed by atoms with Gasteiger partial charge in [-0.3, -0.25) is 4.79 Å². The van der Waals surface area contributed by atoms with Crippen molar-refractivity contribution in [2.45, 2.75) is 0 Å². The van der Waals surface area contributed by atoms with Gasteiger partial charge in [0.1, 0.15) is 5.75 Å². The third-order valence-electron chi connectivity index (χ3n) is 5.49. The number of amides is 1. The fourth-order valence-corrected chi connectivity index (χ4v) is 3.78. The van der Waals surface area contributed by atoms with E-state index in [1.54, 1.807) is 7.11 Å². The molecule has 2 aromatic carbocycles. The number of hydrogen-bond donors (Lipinski definition) is 0. The van der Waals surface area contributed by atoms with Crippen LogP contribution in [0, 0.1) is 0 Å². The number of piperazine rings is 1. The first-order chi connectivity index (χ1) is 13.7. The Morgan fingerprint density at radius 1 is 0.786 bits per heavy atom. The van der Waals surface area contributed by atoms with Crippen molar-refractivity contribution in [2.24, 2.45) is 0 Å². The summed E-state index contributed by atoms with van der Waals surface area (Å²) in [6.45, 7) is 6.47. The Hall–Kier alpha value is -2.73. The van der Waals surface area contributed by atoms with Crippen LogP contribution in [0.2, 0.25) is 0 Å². The van der Waals surface area contributed by atoms with Gasteiger partial charge in [0.2, 0.25) is 0 Å². The molecule has 0 radical (unpaired) electrons. The molecule has 2 heterocycles. The smallest absolute Gasteiger partial charge is 0.253 e. The highest BCUT2D eigenvalue weighted by Crippen LogP contribution is 2.22. The van der Waals surface area contributed by atoms with E-state index in [1.807, 2.05) is 41.3 Å². The molecular weight excluding hydrogens is 354 g/mol. The monoisotopic (exact) mass is 381 g/mol. The van der Waals surface area contributed by atoms with E-state index in [2.05, 4.69) is 21.9 Å². The topological polar surface area (TPSA) is 45.2 Å². The normalized spacial score (nSPS) is 17.5. The summed E-state index contributed by atoms with van der Waals surface area (Å²) >= 11 is 0. The van der Waals surface area contributed by atoms with Crippen LogP contribution in [0.25, 0.3) is 0 Å². The van der Waals surface area contributed by atoms with Crippen molar-refractivity contribution >= 4 is 17.3 Å². The molecule has 6 heteroatoms. The lowest BCUT2D eigenvalue weighted by molar-refractivity contribution is 0.0746. The summed E-state index contributed by atoms with van der Waals surface area (Å²) in [4.78, 5) is 19.4. The molecule has 4 rings (SSSR count). The predicted octanol–water partition coefficient (Wildman–Crippen LogP) is 2.49. The summed E-state index contributed by atoms with van der Waals surface area (Å²) in [6.07, 6.45) is 0. The summed E-state index contributed by atoms with van der Waals surface area (Å²) in [5, 5.41) is 0. The molecule has 0 atom stereocenters. The zero-order chi connectivity index (χ0) is 19.3. The molecule has 2 fully saturated rings. The van der Waals surface area contributed by atoms with E-state index in [0.29, 0.717) is 0 Å². The van der Waals surface area contributed by atoms with Crippen LogP contribution in [-0.4, -0.2) is 70.4 Å². The second-order valence-electron chi connectivity index (χ2n) is 7.12. The Balaban J connectivity index is 1.34. The number of benzene rings is 2. The summed E-state index contributed by atoms with van der Waals surface area (Å²) in [5.74, 6) is 0.973. The average Bonchev–Trinajstić information content (AvgIpc) is 2.79. The number of rotatable bonds is 4. The highest BCUT2D eigenvalue weighted by Gasteiger charge is 2.22. The summed E-state index contributed by atoms with van der Waals surface area (Å²) in [5.41, 5.74) is 3.09. The SMILES string of the molecule is COc1ccc(N2CCN(C(=O)c3ccc(N4CCOCC4)cc3)CC2)cc1. The van der Waals surface area contributed by atoms with Crippen LogP contribution < -0.4 is 14.5 Å². The second kappa shape index (κ2) is 8.52. The van der Waals surface area contributed by atoms with Crippen LogP contribution in [-0.2, 0) is 4.74 Å². The Labute approximate surface area is 166 Å². The molecule has 148 valence electrons. The fraction of sp³-hybridized carbons (Fsp3) is 0.409. The first kappa shape index (κ1) is 18.6. The van der Waals surface area contributed by atoms with E-state index in [9.17, 15) is 4.79 Å². The Morgan fingerprint density at radius 2 is 1.32 bits per heavy atom. The summed E-state index contributed by atoms with van der Waals surface area (Å²) in [6, 6.07) is 16.1. The largest absolute Gasteiger partial charge is 0.497 e. The fourth-order valence-electron chi connectivity index (χ4n) is 3.78. The molecule has 0 unspecified atom stereocenters. The number of methoxy groups -OCH3 is 1. The molecule has 2 saturated heterocycles. The van der Waals surface area contributed by atoms with E-state index in [4.69, 9.17) is 9.47 Å². The van der Waals surface area contributed by atoms with Crippen LogP contribution >= 0.6 is 0 Å². The second-order valence-corrected chi connectivity index (χ2v) is 7.12. The molecule has 28 heavy (non-hydrogen) atoms. The van der Waals surface area contributed by atoms with Gasteiger partial charge in [-0.2, -0.15) is 0 Å². The third kappa shape index (κ3) is 4.07. The first-order valence-corrected chi connectivity index (χ1v) is 9.85. The quantitative estimate of drug-likeness (QED) is 0.814. The van der Waals surface area contributed by atoms with Gasteiger partial charge in [0.25, 0.3) is 5.91 Å². The number of morpholine rings is 1. The Bertz CT molecular complexity index is 778. The third-order valence-corrected chi connectivity index (χ3v) is 5.49. The molecule has 0 saturated carbocycles. The van der Waals surface area contributed by atoms with Gasteiger partial charge in [-0.1, -0.05) is 0 Å². The molecule has 0 N–H and O–H groups in total. The number of anilines is 2. The molecule has 2 aliphatic rings. The minimum absolute atomic E-state index is 0.114. The van der Waals surface area contributed by atoms with Crippen LogP contribution in [0.3, 0.4) is 0 Å². The molecule has 0 spiro atoms. The Kier molecular flexibility index (Phi) is 5.67. The molecule has 0 aliphatic carbocycles. The number of carbonyl (C=O) groups excluding carboxylic acids is 1. The van der Waals surface area contributed by atoms with E-state index in [-0.39, 0.29) is 5.91 Å². The van der Waals surface area contributed by atoms with Gasteiger partial charge in [0, 0.05) is 56.2 Å². The van der Waals surface area contributed by atoms with Gasteiger partial charge < -0.3 is 24.2 Å². The lowest BCUT2D eigenvalue weighted by Crippen LogP contribution is -2.48. The van der Waals surface area contributed by atoms with Crippen molar-refractivity contribution < 1.29 is 14.3 Å². The first-order valence-electron chi connectivity index (χ1n) is 9.85. The summed E-state index contributed by atoms with van der Waals surface area (Å²) < 4.78 is 10.6. The number of hydrogen-bond acceptors (Lipinski definition) is 5. The van der Waals surface area contributed by atoms with Crippen LogP contribution in [0.15, 0.2) is 48.5 Å². The number of ether oxygens (including phenoxy) is 2. The standard InChI is InChI=1S/C22H27N3O3/c1-27-21-8-6-20(7-9-21)23-10-12-25(13-11-23)22(26)18-2-4-19(5-3-18)24-14-16-28-17-15-24/h2-9H,10-17H2,1H3. The predicted molar refractivity (Wildman–Crippen MR) is 111 cm³/mol. The van der Waals surface area contributed by atoms with Gasteiger partial charge in [-0.15, -0.1) is 0 Å². The lowest BCUT2D eigenvalue weighted by Gasteiger charge is -2.36. The van der Waals surface area contributed by atoms with E-state index >= 15 is 0 Å². The Morgan fingerprint density at radius 3 is 1.89 bits per heavy atom. The molecule has 6 nitrogen and oxygen atoms in total. The van der Waals surface area contributed by atoms with Crippen molar-refractivity contribution in [3.8, 4) is 5.75 Å². The maximum Gasteiger partial charge on any atom is 0.253 e. The van der Waals surface area contributed by atoms with E-state index in [1.165, 1.54) is 5.69 Å². The van der Waals surface area contributed by atoms with Crippen LogP contribution in [0.1, 0.15) is 10.4 Å². The van der Waals surface area contributed by atoms with Crippen LogP contribution in [0.4, 0.5) is 11.4 Å².